The molecule has 196 valence electrons. The van der Waals surface area contributed by atoms with E-state index in [9.17, 15) is 19.1 Å². The smallest absolute Gasteiger partial charge is 0.303 e. The van der Waals surface area contributed by atoms with Gasteiger partial charge in [0.1, 0.15) is 17.4 Å². The fourth-order valence-corrected chi connectivity index (χ4v) is 5.72. The number of aliphatic carboxylic acids is 1. The molecular formula is C30H40FNO4. The van der Waals surface area contributed by atoms with E-state index in [1.54, 1.807) is 12.1 Å². The Morgan fingerprint density at radius 2 is 1.94 bits per heavy atom. The van der Waals surface area contributed by atoms with Gasteiger partial charge in [-0.25, -0.2) is 4.39 Å². The topological polar surface area (TPSA) is 80.4 Å². The van der Waals surface area contributed by atoms with Gasteiger partial charge in [-0.05, 0) is 79.9 Å². The maximum atomic E-state index is 14.3. The van der Waals surface area contributed by atoms with E-state index < -0.39 is 5.97 Å². The van der Waals surface area contributed by atoms with Crippen molar-refractivity contribution in [3.63, 3.8) is 0 Å². The zero-order chi connectivity index (χ0) is 26.0. The Bertz CT molecular complexity index is 1090. The molecule has 0 aliphatic heterocycles. The molecule has 0 spiro atoms. The van der Waals surface area contributed by atoms with Gasteiger partial charge < -0.3 is 9.63 Å². The van der Waals surface area contributed by atoms with E-state index >= 15 is 0 Å². The fraction of sp³-hybridized carbons (Fsp3) is 0.633. The summed E-state index contributed by atoms with van der Waals surface area (Å²) < 4.78 is 20.3. The predicted octanol–water partition coefficient (Wildman–Crippen LogP) is 7.47. The number of carboxylic acids is 1. The van der Waals surface area contributed by atoms with Crippen LogP contribution in [0.25, 0.3) is 0 Å². The average Bonchev–Trinajstić information content (AvgIpc) is 3.54. The number of Topliss-reactive ketones (excluding diaryl/α,β-unsaturated/α-hetero) is 1. The molecular weight excluding hydrogens is 457 g/mol. The van der Waals surface area contributed by atoms with Crippen LogP contribution in [0.5, 0.6) is 0 Å². The molecule has 2 saturated carbocycles. The Morgan fingerprint density at radius 3 is 2.56 bits per heavy atom. The van der Waals surface area contributed by atoms with Gasteiger partial charge >= 0.3 is 5.97 Å². The largest absolute Gasteiger partial charge is 0.481 e. The Hall–Kier alpha value is -2.50. The van der Waals surface area contributed by atoms with Crippen molar-refractivity contribution < 1.29 is 23.6 Å². The molecule has 1 aromatic heterocycles. The summed E-state index contributed by atoms with van der Waals surface area (Å²) in [6, 6.07) is 4.90. The molecule has 2 aliphatic carbocycles. The summed E-state index contributed by atoms with van der Waals surface area (Å²) in [4.78, 5) is 24.4. The van der Waals surface area contributed by atoms with E-state index in [4.69, 9.17) is 4.52 Å². The zero-order valence-corrected chi connectivity index (χ0v) is 22.1. The summed E-state index contributed by atoms with van der Waals surface area (Å²) in [5, 5.41) is 13.8. The molecule has 2 aliphatic rings. The number of carbonyl (C=O) groups is 2. The first-order valence-corrected chi connectivity index (χ1v) is 13.5. The second-order valence-corrected chi connectivity index (χ2v) is 12.0. The van der Waals surface area contributed by atoms with Crippen molar-refractivity contribution in [1.29, 1.82) is 0 Å². The zero-order valence-electron chi connectivity index (χ0n) is 22.1. The average molecular weight is 498 g/mol. The molecule has 5 nitrogen and oxygen atoms in total. The molecule has 1 atom stereocenters. The Morgan fingerprint density at radius 1 is 1.22 bits per heavy atom. The van der Waals surface area contributed by atoms with Gasteiger partial charge in [0, 0.05) is 36.7 Å². The summed E-state index contributed by atoms with van der Waals surface area (Å²) in [6.07, 6.45) is 7.16. The van der Waals surface area contributed by atoms with Crippen LogP contribution < -0.4 is 0 Å². The van der Waals surface area contributed by atoms with Gasteiger partial charge in [0.15, 0.2) is 0 Å². The van der Waals surface area contributed by atoms with Crippen LogP contribution >= 0.6 is 0 Å². The second-order valence-electron chi connectivity index (χ2n) is 12.0. The number of carbonyl (C=O) groups excluding carboxylic acids is 1. The molecule has 1 N–H and O–H groups in total. The number of hydrogen-bond donors (Lipinski definition) is 1. The first-order chi connectivity index (χ1) is 17.1. The summed E-state index contributed by atoms with van der Waals surface area (Å²) >= 11 is 0. The SMILES string of the molecule is CCC(C)(C)CC1CC(c2onc([C@H](CCC(=O)O)CC(=O)Cc3ccc(C)cc3F)c2C2CC2)C1. The van der Waals surface area contributed by atoms with Gasteiger partial charge in [0.05, 0.1) is 5.69 Å². The van der Waals surface area contributed by atoms with Crippen LogP contribution in [0, 0.1) is 24.1 Å². The molecule has 36 heavy (non-hydrogen) atoms. The van der Waals surface area contributed by atoms with Crippen LogP contribution in [0.15, 0.2) is 22.7 Å². The van der Waals surface area contributed by atoms with Crippen molar-refractivity contribution in [3.8, 4) is 0 Å². The summed E-state index contributed by atoms with van der Waals surface area (Å²) in [5.41, 5.74) is 3.44. The number of halogens is 1. The van der Waals surface area contributed by atoms with Crippen molar-refractivity contribution in [2.45, 2.75) is 110 Å². The third-order valence-electron chi connectivity index (χ3n) is 8.34. The lowest BCUT2D eigenvalue weighted by molar-refractivity contribution is -0.137. The molecule has 0 bridgehead atoms. The maximum absolute atomic E-state index is 14.3. The van der Waals surface area contributed by atoms with Crippen LogP contribution in [-0.2, 0) is 16.0 Å². The molecule has 0 unspecified atom stereocenters. The number of benzene rings is 1. The molecule has 1 heterocycles. The third kappa shape index (κ3) is 6.43. The highest BCUT2D eigenvalue weighted by atomic mass is 19.1. The minimum Gasteiger partial charge on any atom is -0.481 e. The lowest BCUT2D eigenvalue weighted by Gasteiger charge is -2.39. The van der Waals surface area contributed by atoms with Crippen molar-refractivity contribution in [2.24, 2.45) is 11.3 Å². The molecule has 0 amide bonds. The lowest BCUT2D eigenvalue weighted by atomic mass is 9.66. The highest BCUT2D eigenvalue weighted by Gasteiger charge is 2.42. The normalized spacial score (nSPS) is 20.7. The highest BCUT2D eigenvalue weighted by molar-refractivity contribution is 5.82. The molecule has 2 fully saturated rings. The number of carboxylic acid groups (broad SMARTS) is 1. The Kier molecular flexibility index (Phi) is 8.01. The summed E-state index contributed by atoms with van der Waals surface area (Å²) in [7, 11) is 0. The maximum Gasteiger partial charge on any atom is 0.303 e. The van der Waals surface area contributed by atoms with Gasteiger partial charge in [0.2, 0.25) is 0 Å². The quantitative estimate of drug-likeness (QED) is 0.310. The van der Waals surface area contributed by atoms with Crippen LogP contribution in [0.2, 0.25) is 0 Å². The van der Waals surface area contributed by atoms with E-state index in [0.717, 1.165) is 48.3 Å². The first kappa shape index (κ1) is 26.6. The number of rotatable bonds is 13. The van der Waals surface area contributed by atoms with Crippen LogP contribution in [-0.4, -0.2) is 22.0 Å². The van der Waals surface area contributed by atoms with Crippen LogP contribution in [0.1, 0.15) is 124 Å². The Labute approximate surface area is 213 Å². The highest BCUT2D eigenvalue weighted by Crippen LogP contribution is 2.53. The van der Waals surface area contributed by atoms with E-state index in [1.165, 1.54) is 18.9 Å². The van der Waals surface area contributed by atoms with Gasteiger partial charge in [-0.15, -0.1) is 0 Å². The van der Waals surface area contributed by atoms with Gasteiger partial charge in [-0.2, -0.15) is 0 Å². The van der Waals surface area contributed by atoms with E-state index in [0.29, 0.717) is 35.2 Å². The van der Waals surface area contributed by atoms with Crippen molar-refractivity contribution in [2.75, 3.05) is 0 Å². The minimum atomic E-state index is -0.894. The lowest BCUT2D eigenvalue weighted by Crippen LogP contribution is -2.27. The molecule has 0 radical (unpaired) electrons. The number of aromatic nitrogens is 1. The second kappa shape index (κ2) is 10.9. The van der Waals surface area contributed by atoms with Crippen molar-refractivity contribution >= 4 is 11.8 Å². The minimum absolute atomic E-state index is 0.00330. The molecule has 1 aromatic carbocycles. The Balaban J connectivity index is 1.50. The standard InChI is InChI=1S/C30H40FNO4/c1-5-30(3,4)17-19-13-23(14-19)29-27(20-8-9-20)28(32-36-29)22(10-11-26(34)35)16-24(33)15-21-7-6-18(2)12-25(21)31/h6-7,12,19-20,22-23H,5,8-11,13-17H2,1-4H3,(H,34,35)/t19?,22-,23?/m1/s1. The van der Waals surface area contributed by atoms with Crippen molar-refractivity contribution in [1.82, 2.24) is 5.16 Å². The summed E-state index contributed by atoms with van der Waals surface area (Å²) in [6.45, 7) is 8.72. The number of nitrogens with zero attached hydrogens (tertiary/aromatic N) is 1. The monoisotopic (exact) mass is 497 g/mol. The molecule has 0 saturated heterocycles. The van der Waals surface area contributed by atoms with Gasteiger partial charge in [-0.3, -0.25) is 9.59 Å². The first-order valence-electron chi connectivity index (χ1n) is 13.5. The number of hydrogen-bond acceptors (Lipinski definition) is 4. The van der Waals surface area contributed by atoms with Crippen LogP contribution in [0.3, 0.4) is 0 Å². The van der Waals surface area contributed by atoms with E-state index in [1.807, 2.05) is 6.92 Å². The van der Waals surface area contributed by atoms with Crippen LogP contribution in [0.4, 0.5) is 4.39 Å². The van der Waals surface area contributed by atoms with E-state index in [-0.39, 0.29) is 36.8 Å². The predicted molar refractivity (Wildman–Crippen MR) is 137 cm³/mol. The molecule has 6 heteroatoms. The van der Waals surface area contributed by atoms with Gasteiger partial charge in [0.25, 0.3) is 0 Å². The number of aryl methyl sites for hydroxylation is 1. The fourth-order valence-electron chi connectivity index (χ4n) is 5.72. The summed E-state index contributed by atoms with van der Waals surface area (Å²) in [5.74, 6) is 0.707. The third-order valence-corrected chi connectivity index (χ3v) is 8.34. The van der Waals surface area contributed by atoms with Crippen molar-refractivity contribution in [3.05, 3.63) is 52.2 Å². The van der Waals surface area contributed by atoms with E-state index in [2.05, 4.69) is 25.9 Å². The molecule has 4 rings (SSSR count). The number of ketones is 1. The molecule has 2 aromatic rings. The van der Waals surface area contributed by atoms with Gasteiger partial charge in [-0.1, -0.05) is 44.5 Å².